The highest BCUT2D eigenvalue weighted by Gasteiger charge is 2.52. The molecule has 1 amide bonds. The fraction of sp³-hybridized carbons (Fsp3) is 0.909. The van der Waals surface area contributed by atoms with Crippen LogP contribution in [0.5, 0.6) is 0 Å². The predicted molar refractivity (Wildman–Crippen MR) is 71.5 cm³/mol. The number of rotatable bonds is 5. The number of ether oxygens (including phenoxy) is 1. The van der Waals surface area contributed by atoms with Crippen molar-refractivity contribution >= 4 is 13.5 Å². The average Bonchev–Trinajstić information content (AvgIpc) is 2.36. The molecule has 0 radical (unpaired) electrons. The minimum Gasteiger partial charge on any atom is -0.393 e. The summed E-state index contributed by atoms with van der Waals surface area (Å²) in [6, 6.07) is -0.882. The second-order valence-corrected chi connectivity index (χ2v) is 7.12. The van der Waals surface area contributed by atoms with E-state index in [1.165, 1.54) is 13.8 Å². The Morgan fingerprint density at radius 3 is 2.38 bits per heavy atom. The van der Waals surface area contributed by atoms with Gasteiger partial charge in [-0.3, -0.25) is 9.36 Å². The molecule has 0 unspecified atom stereocenters. The van der Waals surface area contributed by atoms with E-state index in [-0.39, 0.29) is 6.42 Å². The molecule has 0 bridgehead atoms. The molecule has 0 aromatic rings. The van der Waals surface area contributed by atoms with Gasteiger partial charge in [0.25, 0.3) is 0 Å². The first kappa shape index (κ1) is 18.5. The molecule has 9 nitrogen and oxygen atoms in total. The van der Waals surface area contributed by atoms with Crippen LogP contribution in [-0.4, -0.2) is 73.7 Å². The van der Waals surface area contributed by atoms with Crippen LogP contribution in [-0.2, 0) is 14.1 Å². The monoisotopic (exact) mass is 327 g/mol. The number of hydrogen-bond donors (Lipinski definition) is 6. The predicted octanol–water partition coefficient (Wildman–Crippen LogP) is -2.07. The molecule has 10 heteroatoms. The van der Waals surface area contributed by atoms with E-state index in [9.17, 15) is 24.7 Å². The van der Waals surface area contributed by atoms with Crippen molar-refractivity contribution in [3.05, 3.63) is 0 Å². The lowest BCUT2D eigenvalue weighted by Gasteiger charge is -2.49. The number of amides is 1. The summed E-state index contributed by atoms with van der Waals surface area (Å²) in [6.45, 7) is 2.05. The summed E-state index contributed by atoms with van der Waals surface area (Å²) < 4.78 is 16.5. The first-order chi connectivity index (χ1) is 9.52. The molecule has 124 valence electrons. The largest absolute Gasteiger partial charge is 0.393 e. The Labute approximate surface area is 122 Å². The van der Waals surface area contributed by atoms with Gasteiger partial charge in [0.1, 0.15) is 17.8 Å². The van der Waals surface area contributed by atoms with Gasteiger partial charge in [0, 0.05) is 6.92 Å². The minimum atomic E-state index is -4.35. The van der Waals surface area contributed by atoms with Crippen molar-refractivity contribution in [3.8, 4) is 0 Å². The third-order valence-electron chi connectivity index (χ3n) is 3.62. The van der Waals surface area contributed by atoms with Gasteiger partial charge in [-0.25, -0.2) is 0 Å². The summed E-state index contributed by atoms with van der Waals surface area (Å²) in [5.41, 5.74) is -1.69. The molecule has 5 atom stereocenters. The van der Waals surface area contributed by atoms with Crippen LogP contribution in [0.1, 0.15) is 20.3 Å². The highest BCUT2D eigenvalue weighted by atomic mass is 31.2. The molecular formula is C11H22NO8P. The lowest BCUT2D eigenvalue weighted by molar-refractivity contribution is -0.248. The highest BCUT2D eigenvalue weighted by molar-refractivity contribution is 7.51. The molecular weight excluding hydrogens is 305 g/mol. The highest BCUT2D eigenvalue weighted by Crippen LogP contribution is 2.41. The van der Waals surface area contributed by atoms with E-state index >= 15 is 0 Å². The Hall–Kier alpha value is -0.540. The summed E-state index contributed by atoms with van der Waals surface area (Å²) in [7, 11) is -4.35. The standard InChI is InChI=1S/C11H22NO8P/c1-6-8(12-7(2)14)9(15)10(16)11(5-13,20-6)3-4-21(17,18)19/h6,8-10,13,15-16H,3-5H2,1-2H3,(H,12,14)(H2,17,18,19)/t6-,8+,9-,10+,11+/m1/s1. The maximum atomic E-state index is 11.1. The van der Waals surface area contributed by atoms with E-state index in [0.717, 1.165) is 0 Å². The number of aliphatic hydroxyl groups excluding tert-OH is 3. The fourth-order valence-electron chi connectivity index (χ4n) is 2.49. The van der Waals surface area contributed by atoms with E-state index in [0.29, 0.717) is 0 Å². The Kier molecular flexibility index (Phi) is 5.91. The van der Waals surface area contributed by atoms with Gasteiger partial charge in [0.15, 0.2) is 0 Å². The van der Waals surface area contributed by atoms with Gasteiger partial charge >= 0.3 is 7.60 Å². The summed E-state index contributed by atoms with van der Waals surface area (Å²) in [5.74, 6) is -0.423. The smallest absolute Gasteiger partial charge is 0.325 e. The zero-order valence-electron chi connectivity index (χ0n) is 11.8. The summed E-state index contributed by atoms with van der Waals surface area (Å²) in [4.78, 5) is 28.9. The molecule has 0 saturated carbocycles. The zero-order valence-corrected chi connectivity index (χ0v) is 12.7. The van der Waals surface area contributed by atoms with Crippen LogP contribution in [0, 0.1) is 0 Å². The maximum Gasteiger partial charge on any atom is 0.325 e. The number of carbonyl (C=O) groups is 1. The van der Waals surface area contributed by atoms with Crippen LogP contribution >= 0.6 is 7.60 Å². The Morgan fingerprint density at radius 1 is 1.38 bits per heavy atom. The summed E-state index contributed by atoms with van der Waals surface area (Å²) in [5, 5.41) is 32.2. The van der Waals surface area contributed by atoms with Crippen molar-refractivity contribution in [1.82, 2.24) is 5.32 Å². The van der Waals surface area contributed by atoms with Crippen molar-refractivity contribution < 1.29 is 39.2 Å². The number of carbonyl (C=O) groups excluding carboxylic acids is 1. The SMILES string of the molecule is CC(=O)N[C@@H]1[C@@H](O)[C@H](O)[C@@](CO)(CCP(=O)(O)O)O[C@@H]1C. The summed E-state index contributed by atoms with van der Waals surface area (Å²) in [6.07, 6.45) is -4.71. The quantitative estimate of drug-likeness (QED) is 0.314. The van der Waals surface area contributed by atoms with Crippen molar-refractivity contribution in [2.75, 3.05) is 12.8 Å². The first-order valence-electron chi connectivity index (χ1n) is 6.49. The molecule has 21 heavy (non-hydrogen) atoms. The Morgan fingerprint density at radius 2 is 1.95 bits per heavy atom. The average molecular weight is 327 g/mol. The molecule has 1 aliphatic rings. The van der Waals surface area contributed by atoms with Gasteiger partial charge in [-0.15, -0.1) is 0 Å². The Bertz CT molecular complexity index is 426. The van der Waals surface area contributed by atoms with Gasteiger partial charge in [-0.2, -0.15) is 0 Å². The minimum absolute atomic E-state index is 0.330. The molecule has 6 N–H and O–H groups in total. The van der Waals surface area contributed by atoms with Crippen molar-refractivity contribution in [3.63, 3.8) is 0 Å². The van der Waals surface area contributed by atoms with Gasteiger partial charge in [0.05, 0.1) is 24.9 Å². The molecule has 1 rings (SSSR count). The molecule has 0 aromatic heterocycles. The molecule has 1 fully saturated rings. The van der Waals surface area contributed by atoms with Crippen molar-refractivity contribution in [2.24, 2.45) is 0 Å². The van der Waals surface area contributed by atoms with Gasteiger partial charge < -0.3 is 35.2 Å². The third-order valence-corrected chi connectivity index (χ3v) is 4.43. The second kappa shape index (κ2) is 6.70. The van der Waals surface area contributed by atoms with Crippen LogP contribution in [0.15, 0.2) is 0 Å². The Balaban J connectivity index is 2.93. The lowest BCUT2D eigenvalue weighted by Crippen LogP contribution is -2.69. The number of nitrogens with one attached hydrogen (secondary N) is 1. The molecule has 0 aromatic carbocycles. The zero-order chi connectivity index (χ0) is 16.4. The maximum absolute atomic E-state index is 11.1. The van der Waals surface area contributed by atoms with Gasteiger partial charge in [-0.05, 0) is 13.3 Å². The van der Waals surface area contributed by atoms with Crippen LogP contribution in [0.3, 0.4) is 0 Å². The molecule has 0 spiro atoms. The topological polar surface area (TPSA) is 157 Å². The van der Waals surface area contributed by atoms with E-state index in [1.807, 2.05) is 0 Å². The molecule has 1 heterocycles. The van der Waals surface area contributed by atoms with Crippen LogP contribution in [0.2, 0.25) is 0 Å². The fourth-order valence-corrected chi connectivity index (χ4v) is 3.16. The molecule has 1 aliphatic heterocycles. The van der Waals surface area contributed by atoms with Crippen LogP contribution in [0.4, 0.5) is 0 Å². The normalized spacial score (nSPS) is 37.3. The molecule has 1 saturated heterocycles. The first-order valence-corrected chi connectivity index (χ1v) is 8.28. The number of hydrogen-bond acceptors (Lipinski definition) is 6. The third kappa shape index (κ3) is 4.46. The van der Waals surface area contributed by atoms with Crippen LogP contribution < -0.4 is 5.32 Å². The van der Waals surface area contributed by atoms with Crippen LogP contribution in [0.25, 0.3) is 0 Å². The number of aliphatic hydroxyl groups is 3. The molecule has 0 aliphatic carbocycles. The van der Waals surface area contributed by atoms with Gasteiger partial charge in [-0.1, -0.05) is 0 Å². The van der Waals surface area contributed by atoms with E-state index in [2.05, 4.69) is 5.32 Å². The van der Waals surface area contributed by atoms with E-state index in [1.54, 1.807) is 0 Å². The van der Waals surface area contributed by atoms with E-state index in [4.69, 9.17) is 14.5 Å². The van der Waals surface area contributed by atoms with E-state index < -0.39 is 56.2 Å². The van der Waals surface area contributed by atoms with Crippen molar-refractivity contribution in [2.45, 2.75) is 50.2 Å². The second-order valence-electron chi connectivity index (χ2n) is 5.35. The van der Waals surface area contributed by atoms with Gasteiger partial charge in [0.2, 0.25) is 5.91 Å². The summed E-state index contributed by atoms with van der Waals surface area (Å²) >= 11 is 0. The van der Waals surface area contributed by atoms with Crippen molar-refractivity contribution in [1.29, 1.82) is 0 Å². The lowest BCUT2D eigenvalue weighted by atomic mass is 9.82.